The van der Waals surface area contributed by atoms with E-state index in [1.54, 1.807) is 24.3 Å². The molecule has 0 aliphatic heterocycles. The van der Waals surface area contributed by atoms with Crippen LogP contribution in [0, 0.1) is 0 Å². The third-order valence-electron chi connectivity index (χ3n) is 2.44. The van der Waals surface area contributed by atoms with E-state index >= 15 is 0 Å². The third-order valence-corrected chi connectivity index (χ3v) is 4.61. The molecule has 100 valence electrons. The fourth-order valence-corrected chi connectivity index (χ4v) is 3.45. The molecule has 4 nitrogen and oxygen atoms in total. The first kappa shape index (κ1) is 14.0. The lowest BCUT2D eigenvalue weighted by Crippen LogP contribution is -2.04. The number of sulfone groups is 1. The summed E-state index contributed by atoms with van der Waals surface area (Å²) in [4.78, 5) is -0.127. The van der Waals surface area contributed by atoms with Crippen LogP contribution in [0.25, 0.3) is 0 Å². The molecule has 0 radical (unpaired) electrons. The van der Waals surface area contributed by atoms with Crippen LogP contribution in [0.5, 0.6) is 11.5 Å². The molecular weight excluding hydrogens is 311 g/mol. The minimum atomic E-state index is -3.84. The molecule has 0 aliphatic rings. The van der Waals surface area contributed by atoms with Gasteiger partial charge in [0.2, 0.25) is 9.84 Å². The van der Waals surface area contributed by atoms with E-state index in [4.69, 9.17) is 23.7 Å². The number of halogens is 2. The first-order valence-corrected chi connectivity index (χ1v) is 7.21. The molecule has 0 fully saturated rings. The van der Waals surface area contributed by atoms with Gasteiger partial charge in [-0.25, -0.2) is 8.42 Å². The third kappa shape index (κ3) is 2.63. The van der Waals surface area contributed by atoms with Gasteiger partial charge in [0.15, 0.2) is 11.5 Å². The summed E-state index contributed by atoms with van der Waals surface area (Å²) >= 11 is 10.6. The molecule has 2 aromatic carbocycles. The zero-order chi connectivity index (χ0) is 13.9. The van der Waals surface area contributed by atoms with Gasteiger partial charge < -0.3 is 8.58 Å². The minimum Gasteiger partial charge on any atom is -0.384 e. The quantitative estimate of drug-likeness (QED) is 0.864. The first-order chi connectivity index (χ1) is 9.11. The molecule has 0 aromatic heterocycles. The molecule has 2 aromatic rings. The Morgan fingerprint density at radius 3 is 1.47 bits per heavy atom. The van der Waals surface area contributed by atoms with Crippen molar-refractivity contribution in [2.75, 3.05) is 0 Å². The second-order valence-corrected chi connectivity index (χ2v) is 5.75. The summed E-state index contributed by atoms with van der Waals surface area (Å²) < 4.78 is 34.1. The maximum absolute atomic E-state index is 12.5. The van der Waals surface area contributed by atoms with Crippen molar-refractivity contribution in [3.63, 3.8) is 0 Å². The molecule has 2 rings (SSSR count). The highest BCUT2D eigenvalue weighted by molar-refractivity contribution is 7.91. The predicted molar refractivity (Wildman–Crippen MR) is 71.3 cm³/mol. The van der Waals surface area contributed by atoms with Gasteiger partial charge in [-0.2, -0.15) is 0 Å². The van der Waals surface area contributed by atoms with E-state index in [2.05, 4.69) is 8.58 Å². The molecule has 0 heterocycles. The van der Waals surface area contributed by atoms with Crippen LogP contribution in [0.4, 0.5) is 0 Å². The predicted octanol–water partition coefficient (Wildman–Crippen LogP) is 3.58. The Morgan fingerprint density at radius 1 is 0.737 bits per heavy atom. The molecule has 7 heteroatoms. The highest BCUT2D eigenvalue weighted by atomic mass is 35.5. The summed E-state index contributed by atoms with van der Waals surface area (Å²) in [5.41, 5.74) is 0. The van der Waals surface area contributed by atoms with E-state index in [9.17, 15) is 8.42 Å². The first-order valence-electron chi connectivity index (χ1n) is 5.11. The van der Waals surface area contributed by atoms with Crippen LogP contribution < -0.4 is 8.58 Å². The van der Waals surface area contributed by atoms with Gasteiger partial charge >= 0.3 is 0 Å². The van der Waals surface area contributed by atoms with Gasteiger partial charge in [-0.05, 0) is 24.3 Å². The summed E-state index contributed by atoms with van der Waals surface area (Å²) in [6.07, 6.45) is 0. The Hall–Kier alpha value is -1.43. The van der Waals surface area contributed by atoms with Gasteiger partial charge in [-0.3, -0.25) is 0 Å². The maximum Gasteiger partial charge on any atom is 0.214 e. The largest absolute Gasteiger partial charge is 0.384 e. The van der Waals surface area contributed by atoms with Crippen molar-refractivity contribution in [3.8, 4) is 11.5 Å². The average molecular weight is 319 g/mol. The van der Waals surface area contributed by atoms with Crippen molar-refractivity contribution in [2.24, 2.45) is 0 Å². The van der Waals surface area contributed by atoms with E-state index in [0.717, 1.165) is 0 Å². The zero-order valence-corrected chi connectivity index (χ0v) is 11.7. The second-order valence-electron chi connectivity index (χ2n) is 3.55. The monoisotopic (exact) mass is 318 g/mol. The van der Waals surface area contributed by atoms with Crippen molar-refractivity contribution < 1.29 is 17.0 Å². The van der Waals surface area contributed by atoms with Crippen molar-refractivity contribution >= 4 is 33.6 Å². The molecule has 0 unspecified atom stereocenters. The van der Waals surface area contributed by atoms with Gasteiger partial charge in [0.1, 0.15) is 33.5 Å². The molecule has 0 bridgehead atoms. The van der Waals surface area contributed by atoms with Crippen LogP contribution in [0.3, 0.4) is 0 Å². The molecule has 0 saturated heterocycles. The van der Waals surface area contributed by atoms with E-state index in [0.29, 0.717) is 0 Å². The zero-order valence-electron chi connectivity index (χ0n) is 9.42. The van der Waals surface area contributed by atoms with Crippen LogP contribution in [0.1, 0.15) is 0 Å². The molecule has 0 spiro atoms. The number of rotatable bonds is 4. The number of hydrogen-bond acceptors (Lipinski definition) is 4. The molecule has 0 saturated carbocycles. The molecule has 0 aliphatic carbocycles. The smallest absolute Gasteiger partial charge is 0.214 e. The Kier molecular flexibility index (Phi) is 4.19. The van der Waals surface area contributed by atoms with Gasteiger partial charge in [-0.1, -0.05) is 24.3 Å². The SMILES string of the molecule is O=S(=O)(c1ccccc1OCl)c1ccccc1OCl. The average Bonchev–Trinajstić information content (AvgIpc) is 2.47. The Morgan fingerprint density at radius 2 is 1.11 bits per heavy atom. The van der Waals surface area contributed by atoms with Crippen molar-refractivity contribution in [2.45, 2.75) is 9.79 Å². The highest BCUT2D eigenvalue weighted by Gasteiger charge is 2.25. The van der Waals surface area contributed by atoms with Crippen molar-refractivity contribution in [1.82, 2.24) is 0 Å². The Labute approximate surface area is 120 Å². The molecule has 0 N–H and O–H groups in total. The van der Waals surface area contributed by atoms with Gasteiger partial charge in [0.25, 0.3) is 0 Å². The Balaban J connectivity index is 2.66. The highest BCUT2D eigenvalue weighted by Crippen LogP contribution is 2.34. The fraction of sp³-hybridized carbons (Fsp3) is 0. The molecule has 0 amide bonds. The van der Waals surface area contributed by atoms with Crippen LogP contribution in [-0.4, -0.2) is 8.42 Å². The normalized spacial score (nSPS) is 11.1. The number of benzene rings is 2. The van der Waals surface area contributed by atoms with Crippen molar-refractivity contribution in [3.05, 3.63) is 48.5 Å². The van der Waals surface area contributed by atoms with E-state index in [1.165, 1.54) is 24.3 Å². The topological polar surface area (TPSA) is 52.6 Å². The molecule has 0 atom stereocenters. The lowest BCUT2D eigenvalue weighted by Gasteiger charge is -2.09. The summed E-state index contributed by atoms with van der Waals surface area (Å²) in [7, 11) is -3.84. The van der Waals surface area contributed by atoms with Gasteiger partial charge in [0.05, 0.1) is 0 Å². The summed E-state index contributed by atoms with van der Waals surface area (Å²) in [6.45, 7) is 0. The number of hydrogen-bond donors (Lipinski definition) is 0. The van der Waals surface area contributed by atoms with E-state index < -0.39 is 9.84 Å². The van der Waals surface area contributed by atoms with E-state index in [-0.39, 0.29) is 21.3 Å². The van der Waals surface area contributed by atoms with Crippen LogP contribution in [-0.2, 0) is 9.84 Å². The number of para-hydroxylation sites is 2. The van der Waals surface area contributed by atoms with Gasteiger partial charge in [-0.15, -0.1) is 0 Å². The Bertz CT molecular complexity index is 632. The summed E-state index contributed by atoms with van der Waals surface area (Å²) in [6, 6.07) is 12.0. The van der Waals surface area contributed by atoms with Crippen LogP contribution >= 0.6 is 23.7 Å². The van der Waals surface area contributed by atoms with Crippen LogP contribution in [0.2, 0.25) is 0 Å². The van der Waals surface area contributed by atoms with Gasteiger partial charge in [0, 0.05) is 0 Å². The molecule has 19 heavy (non-hydrogen) atoms. The minimum absolute atomic E-state index is 0.0357. The van der Waals surface area contributed by atoms with E-state index in [1.807, 2.05) is 0 Å². The van der Waals surface area contributed by atoms with Crippen LogP contribution in [0.15, 0.2) is 58.3 Å². The second kappa shape index (κ2) is 5.69. The fourth-order valence-electron chi connectivity index (χ4n) is 1.59. The summed E-state index contributed by atoms with van der Waals surface area (Å²) in [5, 5.41) is 0. The standard InChI is InChI=1S/C12H8Cl2O4S/c13-17-9-5-1-3-7-11(9)19(15,16)12-8-4-2-6-10(12)18-14/h1-8H. The molecular formula is C12H8Cl2O4S. The lowest BCUT2D eigenvalue weighted by atomic mass is 10.3. The lowest BCUT2D eigenvalue weighted by molar-refractivity contribution is 0.562. The van der Waals surface area contributed by atoms with Crippen molar-refractivity contribution in [1.29, 1.82) is 0 Å². The maximum atomic E-state index is 12.5. The summed E-state index contributed by atoms with van der Waals surface area (Å²) in [5.74, 6) is 0.0714.